The van der Waals surface area contributed by atoms with Crippen molar-refractivity contribution in [2.24, 2.45) is 0 Å². The summed E-state index contributed by atoms with van der Waals surface area (Å²) >= 11 is 2.41. The van der Waals surface area contributed by atoms with Gasteiger partial charge < -0.3 is 9.84 Å². The molecule has 0 aliphatic carbocycles. The molecule has 13 heavy (non-hydrogen) atoms. The van der Waals surface area contributed by atoms with E-state index in [4.69, 9.17) is 5.11 Å². The van der Waals surface area contributed by atoms with Crippen molar-refractivity contribution in [3.8, 4) is 0 Å². The summed E-state index contributed by atoms with van der Waals surface area (Å²) in [5.41, 5.74) is -0.303. The quantitative estimate of drug-likeness (QED) is 0.327. The first-order chi connectivity index (χ1) is 6.16. The fraction of sp³-hybridized carbons (Fsp3) is 0.143. The van der Waals surface area contributed by atoms with E-state index in [0.717, 1.165) is 7.11 Å². The Bertz CT molecular complexity index is 296. The van der Waals surface area contributed by atoms with Crippen molar-refractivity contribution in [1.29, 1.82) is 0 Å². The smallest absolute Gasteiger partial charge is 0.347 e. The van der Waals surface area contributed by atoms with Gasteiger partial charge in [0.2, 0.25) is 0 Å². The van der Waals surface area contributed by atoms with E-state index in [9.17, 15) is 9.59 Å². The van der Waals surface area contributed by atoms with E-state index in [1.54, 1.807) is 10.8 Å². The molecule has 0 fully saturated rings. The van der Waals surface area contributed by atoms with Gasteiger partial charge in [0.05, 0.1) is 11.3 Å². The minimum atomic E-state index is -1.26. The van der Waals surface area contributed by atoms with Crippen LogP contribution in [0.15, 0.2) is 20.6 Å². The first kappa shape index (κ1) is 10.2. The van der Waals surface area contributed by atoms with Gasteiger partial charge in [0.1, 0.15) is 0 Å². The molecule has 0 spiro atoms. The summed E-state index contributed by atoms with van der Waals surface area (Å²) in [6, 6.07) is 0. The molecule has 70 valence electrons. The van der Waals surface area contributed by atoms with Crippen molar-refractivity contribution in [2.45, 2.75) is 0 Å². The van der Waals surface area contributed by atoms with Crippen molar-refractivity contribution in [3.63, 3.8) is 0 Å². The first-order valence-electron chi connectivity index (χ1n) is 3.21. The second-order valence-electron chi connectivity index (χ2n) is 1.97. The molecule has 0 bridgehead atoms. The molecule has 1 N–H and O–H groups in total. The number of carboxylic acid groups (broad SMARTS) is 1. The Morgan fingerprint density at radius 1 is 1.38 bits per heavy atom. The van der Waals surface area contributed by atoms with Crippen molar-refractivity contribution >= 4 is 35.5 Å². The first-order valence-corrected chi connectivity index (χ1v) is 4.97. The van der Waals surface area contributed by atoms with E-state index in [1.165, 1.54) is 23.5 Å². The number of hydrogen-bond donors (Lipinski definition) is 1. The van der Waals surface area contributed by atoms with Crippen LogP contribution in [0.5, 0.6) is 0 Å². The van der Waals surface area contributed by atoms with Crippen molar-refractivity contribution < 1.29 is 19.4 Å². The highest BCUT2D eigenvalue weighted by atomic mass is 32.2. The number of carboxylic acids is 1. The third kappa shape index (κ3) is 2.28. The summed E-state index contributed by atoms with van der Waals surface area (Å²) in [5, 5.41) is 12.2. The molecular weight excluding hydrogens is 212 g/mol. The Balaban J connectivity index is 2.97. The number of aliphatic carboxylic acids is 1. The van der Waals surface area contributed by atoms with Crippen LogP contribution in [-0.4, -0.2) is 24.2 Å². The van der Waals surface area contributed by atoms with E-state index >= 15 is 0 Å². The summed E-state index contributed by atoms with van der Waals surface area (Å²) < 4.78 is 4.80. The van der Waals surface area contributed by atoms with Crippen molar-refractivity contribution in [1.82, 2.24) is 0 Å². The zero-order chi connectivity index (χ0) is 9.84. The normalized spacial score (nSPS) is 14.4. The third-order valence-corrected chi connectivity index (χ3v) is 3.34. The van der Waals surface area contributed by atoms with Crippen LogP contribution in [0.1, 0.15) is 0 Å². The summed E-state index contributed by atoms with van der Waals surface area (Å²) in [6.45, 7) is 0. The fourth-order valence-electron chi connectivity index (χ4n) is 0.685. The van der Waals surface area contributed by atoms with Crippen LogP contribution in [0, 0.1) is 0 Å². The largest absolute Gasteiger partial charge is 0.477 e. The lowest BCUT2D eigenvalue weighted by atomic mass is 10.3. The molecule has 6 heteroatoms. The van der Waals surface area contributed by atoms with Gasteiger partial charge in [0, 0.05) is 0 Å². The third-order valence-electron chi connectivity index (χ3n) is 1.21. The molecule has 1 aliphatic rings. The minimum absolute atomic E-state index is 0.303. The lowest BCUT2D eigenvalue weighted by molar-refractivity contribution is -0.142. The van der Waals surface area contributed by atoms with E-state index < -0.39 is 11.9 Å². The van der Waals surface area contributed by atoms with E-state index in [0.29, 0.717) is 4.24 Å². The van der Waals surface area contributed by atoms with Gasteiger partial charge in [0.15, 0.2) is 5.57 Å². The fourth-order valence-corrected chi connectivity index (χ4v) is 2.51. The van der Waals surface area contributed by atoms with Gasteiger partial charge in [0.25, 0.3) is 0 Å². The molecule has 0 aromatic heterocycles. The molecule has 1 rings (SSSR count). The average Bonchev–Trinajstić information content (AvgIpc) is 2.56. The standard InChI is InChI=1S/C7H6O4S2/c1-11-6(10)4(5(8)9)7-12-2-3-13-7/h2-3H,1H3,(H,8,9). The molecule has 0 radical (unpaired) electrons. The molecule has 1 heterocycles. The summed E-state index contributed by atoms with van der Waals surface area (Å²) in [7, 11) is 1.16. The molecular formula is C7H6O4S2. The monoisotopic (exact) mass is 218 g/mol. The average molecular weight is 218 g/mol. The highest BCUT2D eigenvalue weighted by Crippen LogP contribution is 2.40. The summed E-state index contributed by atoms with van der Waals surface area (Å²) in [6.07, 6.45) is 0. The van der Waals surface area contributed by atoms with Gasteiger partial charge in [-0.1, -0.05) is 23.5 Å². The second kappa shape index (κ2) is 4.38. The Kier molecular flexibility index (Phi) is 3.44. The van der Waals surface area contributed by atoms with Crippen LogP contribution in [0.3, 0.4) is 0 Å². The van der Waals surface area contributed by atoms with Gasteiger partial charge in [-0.15, -0.1) is 0 Å². The zero-order valence-corrected chi connectivity index (χ0v) is 8.28. The molecule has 0 saturated heterocycles. The van der Waals surface area contributed by atoms with Gasteiger partial charge in [-0.2, -0.15) is 0 Å². The van der Waals surface area contributed by atoms with Crippen LogP contribution in [0.25, 0.3) is 0 Å². The number of esters is 1. The molecule has 0 saturated carbocycles. The summed E-state index contributed by atoms with van der Waals surface area (Å²) in [5.74, 6) is -2.07. The van der Waals surface area contributed by atoms with Crippen molar-refractivity contribution in [2.75, 3.05) is 7.11 Å². The summed E-state index contributed by atoms with van der Waals surface area (Å²) in [4.78, 5) is 21.7. The van der Waals surface area contributed by atoms with Gasteiger partial charge in [-0.05, 0) is 10.8 Å². The molecule has 0 amide bonds. The van der Waals surface area contributed by atoms with E-state index in [2.05, 4.69) is 4.74 Å². The van der Waals surface area contributed by atoms with Crippen molar-refractivity contribution in [3.05, 3.63) is 20.6 Å². The Morgan fingerprint density at radius 3 is 2.31 bits per heavy atom. The molecule has 0 unspecified atom stereocenters. The molecule has 0 atom stereocenters. The number of methoxy groups -OCH3 is 1. The van der Waals surface area contributed by atoms with E-state index in [1.807, 2.05) is 0 Å². The Hall–Kier alpha value is -0.880. The number of carbonyl (C=O) groups is 2. The number of ether oxygens (including phenoxy) is 1. The molecule has 1 aliphatic heterocycles. The number of rotatable bonds is 2. The van der Waals surface area contributed by atoms with Crippen LogP contribution in [-0.2, 0) is 14.3 Å². The lowest BCUT2D eigenvalue weighted by Crippen LogP contribution is -2.14. The Morgan fingerprint density at radius 2 is 1.92 bits per heavy atom. The maximum atomic E-state index is 11.0. The van der Waals surface area contributed by atoms with Crippen LogP contribution >= 0.6 is 23.5 Å². The number of hydrogen-bond acceptors (Lipinski definition) is 5. The maximum Gasteiger partial charge on any atom is 0.347 e. The lowest BCUT2D eigenvalue weighted by Gasteiger charge is -2.02. The van der Waals surface area contributed by atoms with Gasteiger partial charge >= 0.3 is 11.9 Å². The molecule has 0 aromatic carbocycles. The van der Waals surface area contributed by atoms with Gasteiger partial charge in [-0.25, -0.2) is 9.59 Å². The minimum Gasteiger partial charge on any atom is -0.477 e. The number of thioether (sulfide) groups is 2. The predicted octanol–water partition coefficient (Wildman–Crippen LogP) is 1.41. The number of carbonyl (C=O) groups excluding carboxylic acids is 1. The van der Waals surface area contributed by atoms with Gasteiger partial charge in [-0.3, -0.25) is 0 Å². The Labute approximate surface area is 83.0 Å². The van der Waals surface area contributed by atoms with Crippen LogP contribution < -0.4 is 0 Å². The zero-order valence-electron chi connectivity index (χ0n) is 6.64. The maximum absolute atomic E-state index is 11.0. The van der Waals surface area contributed by atoms with Crippen LogP contribution in [0.2, 0.25) is 0 Å². The SMILES string of the molecule is COC(=O)C(C(=O)O)=C1SC=CS1. The highest BCUT2D eigenvalue weighted by Gasteiger charge is 2.24. The van der Waals surface area contributed by atoms with Crippen LogP contribution in [0.4, 0.5) is 0 Å². The van der Waals surface area contributed by atoms with E-state index in [-0.39, 0.29) is 5.57 Å². The predicted molar refractivity (Wildman–Crippen MR) is 51.0 cm³/mol. The molecule has 4 nitrogen and oxygen atoms in total. The topological polar surface area (TPSA) is 63.6 Å². The second-order valence-corrected chi connectivity index (χ2v) is 4.06. The molecule has 0 aromatic rings. The highest BCUT2D eigenvalue weighted by molar-refractivity contribution is 8.27.